The molecule has 3 heteroatoms. The van der Waals surface area contributed by atoms with Crippen LogP contribution in [0, 0.1) is 5.92 Å². The van der Waals surface area contributed by atoms with E-state index in [0.717, 1.165) is 12.5 Å². The highest BCUT2D eigenvalue weighted by atomic mass is 16.2. The van der Waals surface area contributed by atoms with Crippen LogP contribution in [0.5, 0.6) is 0 Å². The predicted octanol–water partition coefficient (Wildman–Crippen LogP) is 1.91. The summed E-state index contributed by atoms with van der Waals surface area (Å²) in [5.74, 6) is 1.02. The number of nitrogens with two attached hydrogens (primary N) is 1. The highest BCUT2D eigenvalue weighted by Crippen LogP contribution is 2.31. The lowest BCUT2D eigenvalue weighted by molar-refractivity contribution is -0.130. The molecular formula is C13H24N2O. The molecule has 0 radical (unpaired) electrons. The molecule has 2 fully saturated rings. The summed E-state index contributed by atoms with van der Waals surface area (Å²) < 4.78 is 0. The van der Waals surface area contributed by atoms with E-state index in [9.17, 15) is 4.79 Å². The van der Waals surface area contributed by atoms with Crippen LogP contribution in [-0.2, 0) is 4.79 Å². The maximum Gasteiger partial charge on any atom is 0.236 e. The Bertz CT molecular complexity index is 236. The van der Waals surface area contributed by atoms with Gasteiger partial charge in [0.25, 0.3) is 0 Å². The highest BCUT2D eigenvalue weighted by Gasteiger charge is 2.30. The van der Waals surface area contributed by atoms with E-state index in [2.05, 4.69) is 0 Å². The summed E-state index contributed by atoms with van der Waals surface area (Å²) in [6.45, 7) is 1.12. The average Bonchev–Trinajstić information content (AvgIpc) is 2.77. The van der Waals surface area contributed by atoms with Gasteiger partial charge in [-0.1, -0.05) is 32.1 Å². The van der Waals surface area contributed by atoms with Crippen molar-refractivity contribution in [3.05, 3.63) is 0 Å². The molecule has 16 heavy (non-hydrogen) atoms. The fourth-order valence-corrected chi connectivity index (χ4v) is 3.33. The van der Waals surface area contributed by atoms with Crippen LogP contribution in [0.2, 0.25) is 0 Å². The molecule has 1 saturated carbocycles. The summed E-state index contributed by atoms with van der Waals surface area (Å²) in [5, 5.41) is 0. The normalized spacial score (nSPS) is 27.3. The molecular weight excluding hydrogens is 200 g/mol. The van der Waals surface area contributed by atoms with Gasteiger partial charge in [0.2, 0.25) is 5.91 Å². The van der Waals surface area contributed by atoms with E-state index in [4.69, 9.17) is 5.73 Å². The van der Waals surface area contributed by atoms with Gasteiger partial charge < -0.3 is 10.6 Å². The van der Waals surface area contributed by atoms with E-state index in [1.165, 1.54) is 51.4 Å². The number of likely N-dealkylation sites (tertiary alicyclic amines) is 1. The summed E-state index contributed by atoms with van der Waals surface area (Å²) in [5.41, 5.74) is 5.46. The van der Waals surface area contributed by atoms with Crippen molar-refractivity contribution in [3.63, 3.8) is 0 Å². The third-order valence-electron chi connectivity index (χ3n) is 4.20. The zero-order chi connectivity index (χ0) is 11.4. The van der Waals surface area contributed by atoms with Crippen LogP contribution in [-0.4, -0.2) is 29.9 Å². The molecule has 2 N–H and O–H groups in total. The molecule has 2 aliphatic rings. The summed E-state index contributed by atoms with van der Waals surface area (Å²) in [6, 6.07) is 0.499. The van der Waals surface area contributed by atoms with Crippen molar-refractivity contribution >= 4 is 5.91 Å². The van der Waals surface area contributed by atoms with Crippen molar-refractivity contribution in [3.8, 4) is 0 Å². The number of hydrogen-bond acceptors (Lipinski definition) is 2. The SMILES string of the molecule is NCC(=O)N1CCCC1CC1CCCCC1. The first kappa shape index (κ1) is 11.9. The number of carbonyl (C=O) groups excluding carboxylic acids is 1. The van der Waals surface area contributed by atoms with Gasteiger partial charge in [-0.05, 0) is 25.2 Å². The highest BCUT2D eigenvalue weighted by molar-refractivity contribution is 5.78. The molecule has 2 rings (SSSR count). The van der Waals surface area contributed by atoms with Gasteiger partial charge in [-0.15, -0.1) is 0 Å². The largest absolute Gasteiger partial charge is 0.339 e. The molecule has 0 aromatic rings. The van der Waals surface area contributed by atoms with E-state index in [-0.39, 0.29) is 12.5 Å². The van der Waals surface area contributed by atoms with Gasteiger partial charge in [0.1, 0.15) is 0 Å². The van der Waals surface area contributed by atoms with Crippen LogP contribution >= 0.6 is 0 Å². The first-order chi connectivity index (χ1) is 7.81. The van der Waals surface area contributed by atoms with Crippen LogP contribution < -0.4 is 5.73 Å². The second-order valence-electron chi connectivity index (χ2n) is 5.33. The molecule has 3 nitrogen and oxygen atoms in total. The van der Waals surface area contributed by atoms with Crippen LogP contribution in [0.3, 0.4) is 0 Å². The zero-order valence-electron chi connectivity index (χ0n) is 10.2. The Morgan fingerprint density at radius 1 is 1.12 bits per heavy atom. The Balaban J connectivity index is 1.85. The minimum atomic E-state index is 0.151. The monoisotopic (exact) mass is 224 g/mol. The summed E-state index contributed by atoms with van der Waals surface area (Å²) in [7, 11) is 0. The van der Waals surface area contributed by atoms with Crippen LogP contribution in [0.25, 0.3) is 0 Å². The minimum Gasteiger partial charge on any atom is -0.339 e. The van der Waals surface area contributed by atoms with E-state index in [0.29, 0.717) is 6.04 Å². The van der Waals surface area contributed by atoms with Crippen LogP contribution in [0.15, 0.2) is 0 Å². The molecule has 92 valence electrons. The van der Waals surface area contributed by atoms with Crippen molar-refractivity contribution in [2.45, 2.75) is 57.4 Å². The quantitative estimate of drug-likeness (QED) is 0.796. The number of nitrogens with zero attached hydrogens (tertiary/aromatic N) is 1. The third kappa shape index (κ3) is 2.76. The van der Waals surface area contributed by atoms with E-state index in [1.807, 2.05) is 4.90 Å². The van der Waals surface area contributed by atoms with E-state index < -0.39 is 0 Å². The first-order valence-electron chi connectivity index (χ1n) is 6.81. The van der Waals surface area contributed by atoms with Crippen molar-refractivity contribution in [1.82, 2.24) is 4.90 Å². The number of carbonyl (C=O) groups is 1. The van der Waals surface area contributed by atoms with Gasteiger partial charge in [-0.25, -0.2) is 0 Å². The maximum absolute atomic E-state index is 11.7. The van der Waals surface area contributed by atoms with Crippen molar-refractivity contribution in [1.29, 1.82) is 0 Å². The minimum absolute atomic E-state index is 0.151. The molecule has 1 saturated heterocycles. The number of hydrogen-bond donors (Lipinski definition) is 1. The molecule has 1 aliphatic carbocycles. The zero-order valence-corrected chi connectivity index (χ0v) is 10.2. The molecule has 1 amide bonds. The number of rotatable bonds is 3. The summed E-state index contributed by atoms with van der Waals surface area (Å²) >= 11 is 0. The van der Waals surface area contributed by atoms with Crippen LogP contribution in [0.1, 0.15) is 51.4 Å². The molecule has 0 bridgehead atoms. The topological polar surface area (TPSA) is 46.3 Å². The standard InChI is InChI=1S/C13H24N2O/c14-10-13(16)15-8-4-7-12(15)9-11-5-2-1-3-6-11/h11-12H,1-10,14H2. The molecule has 0 aromatic heterocycles. The maximum atomic E-state index is 11.7. The second-order valence-corrected chi connectivity index (χ2v) is 5.33. The Labute approximate surface area is 98.4 Å². The van der Waals surface area contributed by atoms with Crippen LogP contribution in [0.4, 0.5) is 0 Å². The Morgan fingerprint density at radius 2 is 1.88 bits per heavy atom. The van der Waals surface area contributed by atoms with Gasteiger partial charge in [-0.3, -0.25) is 4.79 Å². The molecule has 1 heterocycles. The fraction of sp³-hybridized carbons (Fsp3) is 0.923. The van der Waals surface area contributed by atoms with Gasteiger partial charge in [0.05, 0.1) is 6.54 Å². The second kappa shape index (κ2) is 5.67. The Morgan fingerprint density at radius 3 is 2.56 bits per heavy atom. The fourth-order valence-electron chi connectivity index (χ4n) is 3.33. The van der Waals surface area contributed by atoms with E-state index >= 15 is 0 Å². The first-order valence-corrected chi connectivity index (χ1v) is 6.81. The van der Waals surface area contributed by atoms with Gasteiger partial charge in [-0.2, -0.15) is 0 Å². The molecule has 0 aromatic carbocycles. The Hall–Kier alpha value is -0.570. The van der Waals surface area contributed by atoms with Crippen molar-refractivity contribution in [2.75, 3.05) is 13.1 Å². The van der Waals surface area contributed by atoms with Gasteiger partial charge >= 0.3 is 0 Å². The summed E-state index contributed by atoms with van der Waals surface area (Å²) in [4.78, 5) is 13.7. The van der Waals surface area contributed by atoms with E-state index in [1.54, 1.807) is 0 Å². The smallest absolute Gasteiger partial charge is 0.236 e. The van der Waals surface area contributed by atoms with Crippen molar-refractivity contribution in [2.24, 2.45) is 11.7 Å². The third-order valence-corrected chi connectivity index (χ3v) is 4.20. The molecule has 1 unspecified atom stereocenters. The summed E-state index contributed by atoms with van der Waals surface area (Å²) in [6.07, 6.45) is 10.5. The van der Waals surface area contributed by atoms with Crippen molar-refractivity contribution < 1.29 is 4.79 Å². The predicted molar refractivity (Wildman–Crippen MR) is 65.0 cm³/mol. The average molecular weight is 224 g/mol. The Kier molecular flexibility index (Phi) is 4.22. The molecule has 1 atom stereocenters. The molecule has 0 spiro atoms. The lowest BCUT2D eigenvalue weighted by Crippen LogP contribution is -2.40. The molecule has 1 aliphatic heterocycles. The number of amides is 1. The van der Waals surface area contributed by atoms with Gasteiger partial charge in [0, 0.05) is 12.6 Å². The lowest BCUT2D eigenvalue weighted by Gasteiger charge is -2.30. The lowest BCUT2D eigenvalue weighted by atomic mass is 9.84. The van der Waals surface area contributed by atoms with Gasteiger partial charge in [0.15, 0.2) is 0 Å².